The summed E-state index contributed by atoms with van der Waals surface area (Å²) in [5, 5.41) is 15.8. The van der Waals surface area contributed by atoms with Crippen LogP contribution in [0.15, 0.2) is 42.5 Å². The lowest BCUT2D eigenvalue weighted by molar-refractivity contribution is -0.127. The molecule has 2 aromatic carbocycles. The summed E-state index contributed by atoms with van der Waals surface area (Å²) in [6.07, 6.45) is 0.377. The number of carbonyl (C=O) groups is 2. The second-order valence-corrected chi connectivity index (χ2v) is 5.01. The molecule has 5 heteroatoms. The van der Waals surface area contributed by atoms with Gasteiger partial charge in [0.15, 0.2) is 0 Å². The van der Waals surface area contributed by atoms with Gasteiger partial charge in [-0.2, -0.15) is 5.26 Å². The van der Waals surface area contributed by atoms with Gasteiger partial charge >= 0.3 is 0 Å². The van der Waals surface area contributed by atoms with Crippen LogP contribution in [-0.4, -0.2) is 24.4 Å². The van der Waals surface area contributed by atoms with Crippen LogP contribution in [0.25, 0.3) is 10.8 Å². The normalized spacial score (nSPS) is 11.5. The molecule has 0 aliphatic carbocycles. The van der Waals surface area contributed by atoms with E-state index in [1.807, 2.05) is 48.5 Å². The van der Waals surface area contributed by atoms with Crippen molar-refractivity contribution in [3.63, 3.8) is 0 Å². The van der Waals surface area contributed by atoms with Gasteiger partial charge in [-0.3, -0.25) is 9.59 Å². The van der Waals surface area contributed by atoms with E-state index in [9.17, 15) is 9.59 Å². The number of nitriles is 1. The smallest absolute Gasteiger partial charge is 0.243 e. The third kappa shape index (κ3) is 4.06. The Morgan fingerprint density at radius 2 is 1.91 bits per heavy atom. The van der Waals surface area contributed by atoms with Gasteiger partial charge in [0.05, 0.1) is 6.07 Å². The molecule has 22 heavy (non-hydrogen) atoms. The number of rotatable bonds is 5. The SMILES string of the molecule is CC(=O)NC(Cc1ccc2ccccc2c1)C(=O)NCC#N. The summed E-state index contributed by atoms with van der Waals surface area (Å²) in [5.74, 6) is -0.636. The number of carbonyl (C=O) groups excluding carboxylic acids is 2. The monoisotopic (exact) mass is 295 g/mol. The maximum absolute atomic E-state index is 12.0. The van der Waals surface area contributed by atoms with Crippen LogP contribution in [-0.2, 0) is 16.0 Å². The quantitative estimate of drug-likeness (QED) is 0.821. The minimum absolute atomic E-state index is 0.0767. The van der Waals surface area contributed by atoms with Crippen LogP contribution < -0.4 is 10.6 Å². The second-order valence-electron chi connectivity index (χ2n) is 5.01. The number of nitrogens with one attached hydrogen (secondary N) is 2. The molecule has 0 fully saturated rings. The fourth-order valence-electron chi connectivity index (χ4n) is 2.31. The van der Waals surface area contributed by atoms with Crippen molar-refractivity contribution in [3.05, 3.63) is 48.0 Å². The summed E-state index contributed by atoms with van der Waals surface area (Å²) < 4.78 is 0. The molecule has 1 unspecified atom stereocenters. The van der Waals surface area contributed by atoms with Crippen molar-refractivity contribution in [2.75, 3.05) is 6.54 Å². The number of benzene rings is 2. The van der Waals surface area contributed by atoms with E-state index in [0.29, 0.717) is 6.42 Å². The fraction of sp³-hybridized carbons (Fsp3) is 0.235. The molecule has 2 aromatic rings. The van der Waals surface area contributed by atoms with E-state index in [0.717, 1.165) is 16.3 Å². The Hall–Kier alpha value is -2.87. The first-order chi connectivity index (χ1) is 10.6. The van der Waals surface area contributed by atoms with Gasteiger partial charge in [-0.1, -0.05) is 42.5 Å². The minimum atomic E-state index is -0.688. The maximum Gasteiger partial charge on any atom is 0.243 e. The van der Waals surface area contributed by atoms with Crippen LogP contribution in [0.3, 0.4) is 0 Å². The highest BCUT2D eigenvalue weighted by Crippen LogP contribution is 2.16. The molecular formula is C17H17N3O2. The number of nitrogens with zero attached hydrogens (tertiary/aromatic N) is 1. The predicted molar refractivity (Wildman–Crippen MR) is 83.9 cm³/mol. The van der Waals surface area contributed by atoms with Gasteiger partial charge in [0.2, 0.25) is 11.8 Å². The van der Waals surface area contributed by atoms with Gasteiger partial charge in [0.25, 0.3) is 0 Å². The third-order valence-corrected chi connectivity index (χ3v) is 3.29. The number of hydrogen-bond acceptors (Lipinski definition) is 3. The molecule has 2 N–H and O–H groups in total. The Labute approximate surface area is 128 Å². The van der Waals surface area contributed by atoms with Crippen LogP contribution in [0.4, 0.5) is 0 Å². The Balaban J connectivity index is 2.18. The molecule has 5 nitrogen and oxygen atoms in total. The highest BCUT2D eigenvalue weighted by molar-refractivity contribution is 5.88. The number of hydrogen-bond donors (Lipinski definition) is 2. The van der Waals surface area contributed by atoms with Crippen molar-refractivity contribution in [2.24, 2.45) is 0 Å². The highest BCUT2D eigenvalue weighted by Gasteiger charge is 2.19. The number of fused-ring (bicyclic) bond motifs is 1. The van der Waals surface area contributed by atoms with Crippen molar-refractivity contribution in [2.45, 2.75) is 19.4 Å². The molecule has 0 spiro atoms. The maximum atomic E-state index is 12.0. The molecule has 0 saturated carbocycles. The summed E-state index contributed by atoms with van der Waals surface area (Å²) in [6.45, 7) is 1.29. The van der Waals surface area contributed by atoms with Gasteiger partial charge in [-0.25, -0.2) is 0 Å². The van der Waals surface area contributed by atoms with Crippen molar-refractivity contribution in [3.8, 4) is 6.07 Å². The molecule has 0 heterocycles. The van der Waals surface area contributed by atoms with E-state index < -0.39 is 6.04 Å². The van der Waals surface area contributed by atoms with E-state index in [1.54, 1.807) is 0 Å². The van der Waals surface area contributed by atoms with Crippen molar-refractivity contribution in [1.29, 1.82) is 5.26 Å². The molecule has 0 radical (unpaired) electrons. The molecule has 2 rings (SSSR count). The van der Waals surface area contributed by atoms with E-state index in [1.165, 1.54) is 6.92 Å². The largest absolute Gasteiger partial charge is 0.344 e. The predicted octanol–water partition coefficient (Wildman–Crippen LogP) is 1.53. The minimum Gasteiger partial charge on any atom is -0.344 e. The Morgan fingerprint density at radius 1 is 1.18 bits per heavy atom. The van der Waals surface area contributed by atoms with E-state index >= 15 is 0 Å². The zero-order chi connectivity index (χ0) is 15.9. The topological polar surface area (TPSA) is 82.0 Å². The summed E-state index contributed by atoms with van der Waals surface area (Å²) in [7, 11) is 0. The molecule has 2 amide bonds. The van der Waals surface area contributed by atoms with Gasteiger partial charge in [0, 0.05) is 13.3 Å². The molecular weight excluding hydrogens is 278 g/mol. The van der Waals surface area contributed by atoms with Gasteiger partial charge in [0.1, 0.15) is 12.6 Å². The first-order valence-corrected chi connectivity index (χ1v) is 6.99. The summed E-state index contributed by atoms with van der Waals surface area (Å²) in [5.41, 5.74) is 0.949. The lowest BCUT2D eigenvalue weighted by Gasteiger charge is -2.17. The van der Waals surface area contributed by atoms with E-state index in [-0.39, 0.29) is 18.4 Å². The zero-order valence-electron chi connectivity index (χ0n) is 12.3. The molecule has 1 atom stereocenters. The first kappa shape index (κ1) is 15.5. The second kappa shape index (κ2) is 7.23. The van der Waals surface area contributed by atoms with Crippen molar-refractivity contribution in [1.82, 2.24) is 10.6 Å². The van der Waals surface area contributed by atoms with Crippen molar-refractivity contribution < 1.29 is 9.59 Å². The molecule has 0 aliphatic heterocycles. The standard InChI is InChI=1S/C17H17N3O2/c1-12(21)20-16(17(22)19-9-8-18)11-13-6-7-14-4-2-3-5-15(14)10-13/h2-7,10,16H,9,11H2,1H3,(H,19,22)(H,20,21). The average molecular weight is 295 g/mol. The molecule has 0 bridgehead atoms. The van der Waals surface area contributed by atoms with E-state index in [4.69, 9.17) is 5.26 Å². The fourth-order valence-corrected chi connectivity index (χ4v) is 2.31. The Morgan fingerprint density at radius 3 is 2.59 bits per heavy atom. The lowest BCUT2D eigenvalue weighted by Crippen LogP contribution is -2.47. The van der Waals surface area contributed by atoms with Crippen molar-refractivity contribution >= 4 is 22.6 Å². The lowest BCUT2D eigenvalue weighted by atomic mass is 10.0. The summed E-state index contributed by atoms with van der Waals surface area (Å²) in [6, 6.07) is 15.0. The van der Waals surface area contributed by atoms with Crippen LogP contribution >= 0.6 is 0 Å². The Kier molecular flexibility index (Phi) is 5.10. The van der Waals surface area contributed by atoms with Crippen LogP contribution in [0.2, 0.25) is 0 Å². The van der Waals surface area contributed by atoms with Gasteiger partial charge in [-0.15, -0.1) is 0 Å². The van der Waals surface area contributed by atoms with Crippen LogP contribution in [0.5, 0.6) is 0 Å². The van der Waals surface area contributed by atoms with E-state index in [2.05, 4.69) is 10.6 Å². The van der Waals surface area contributed by atoms with Gasteiger partial charge < -0.3 is 10.6 Å². The van der Waals surface area contributed by atoms with Crippen LogP contribution in [0.1, 0.15) is 12.5 Å². The van der Waals surface area contributed by atoms with Crippen LogP contribution in [0, 0.1) is 11.3 Å². The summed E-state index contributed by atoms with van der Waals surface area (Å²) in [4.78, 5) is 23.3. The summed E-state index contributed by atoms with van der Waals surface area (Å²) >= 11 is 0. The first-order valence-electron chi connectivity index (χ1n) is 6.99. The van der Waals surface area contributed by atoms with Gasteiger partial charge in [-0.05, 0) is 16.3 Å². The Bertz CT molecular complexity index is 734. The molecule has 0 saturated heterocycles. The molecule has 0 aliphatic rings. The molecule has 112 valence electrons. The number of amides is 2. The third-order valence-electron chi connectivity index (χ3n) is 3.29. The highest BCUT2D eigenvalue weighted by atomic mass is 16.2. The molecule has 0 aromatic heterocycles. The average Bonchev–Trinajstić information content (AvgIpc) is 2.51. The zero-order valence-corrected chi connectivity index (χ0v) is 12.3.